The number of hydrogen-bond donors (Lipinski definition) is 1. The van der Waals surface area contributed by atoms with Crippen LogP contribution >= 0.6 is 0 Å². The Hall–Kier alpha value is -3.49. The summed E-state index contributed by atoms with van der Waals surface area (Å²) in [6, 6.07) is 9.25. The lowest BCUT2D eigenvalue weighted by Gasteiger charge is -2.08. The van der Waals surface area contributed by atoms with E-state index in [4.69, 9.17) is 0 Å². The summed E-state index contributed by atoms with van der Waals surface area (Å²) in [7, 11) is 0. The van der Waals surface area contributed by atoms with Crippen LogP contribution in [0.25, 0.3) is 0 Å². The SMILES string of the molecule is O=C(Cn1cc([N+](=O)[O-])cn1)Nc1cccc(Cn2cccn2)c1. The van der Waals surface area contributed by atoms with Crippen molar-refractivity contribution in [1.29, 1.82) is 0 Å². The van der Waals surface area contributed by atoms with Gasteiger partial charge >= 0.3 is 5.69 Å². The molecule has 0 unspecified atom stereocenters. The van der Waals surface area contributed by atoms with E-state index in [9.17, 15) is 14.9 Å². The van der Waals surface area contributed by atoms with Crippen molar-refractivity contribution in [3.63, 3.8) is 0 Å². The van der Waals surface area contributed by atoms with Gasteiger partial charge in [0, 0.05) is 18.1 Å². The molecule has 1 aromatic carbocycles. The fourth-order valence-corrected chi connectivity index (χ4v) is 2.21. The van der Waals surface area contributed by atoms with Crippen molar-refractivity contribution in [2.75, 3.05) is 5.32 Å². The van der Waals surface area contributed by atoms with Crippen molar-refractivity contribution >= 4 is 17.3 Å². The highest BCUT2D eigenvalue weighted by Crippen LogP contribution is 2.12. The first kappa shape index (κ1) is 15.4. The summed E-state index contributed by atoms with van der Waals surface area (Å²) in [5.74, 6) is -0.316. The maximum atomic E-state index is 12.0. The number of hydrogen-bond acceptors (Lipinski definition) is 5. The Kier molecular flexibility index (Phi) is 4.32. The summed E-state index contributed by atoms with van der Waals surface area (Å²) >= 11 is 0. The maximum Gasteiger partial charge on any atom is 0.307 e. The molecule has 1 N–H and O–H groups in total. The summed E-state index contributed by atoms with van der Waals surface area (Å²) < 4.78 is 3.00. The van der Waals surface area contributed by atoms with Crippen LogP contribution < -0.4 is 5.32 Å². The van der Waals surface area contributed by atoms with Crippen LogP contribution in [-0.4, -0.2) is 30.4 Å². The van der Waals surface area contributed by atoms with E-state index in [0.29, 0.717) is 12.2 Å². The van der Waals surface area contributed by atoms with Gasteiger partial charge in [0.25, 0.3) is 0 Å². The van der Waals surface area contributed by atoms with E-state index in [1.807, 2.05) is 30.5 Å². The van der Waals surface area contributed by atoms with E-state index >= 15 is 0 Å². The van der Waals surface area contributed by atoms with Gasteiger partial charge < -0.3 is 5.32 Å². The van der Waals surface area contributed by atoms with Crippen LogP contribution in [0, 0.1) is 10.1 Å². The molecule has 24 heavy (non-hydrogen) atoms. The average Bonchev–Trinajstić information content (AvgIpc) is 3.19. The van der Waals surface area contributed by atoms with Gasteiger partial charge in [0.15, 0.2) is 0 Å². The van der Waals surface area contributed by atoms with Gasteiger partial charge in [0.05, 0.1) is 11.5 Å². The molecule has 0 atom stereocenters. The van der Waals surface area contributed by atoms with Gasteiger partial charge in [0.2, 0.25) is 5.91 Å². The number of anilines is 1. The third-order valence-corrected chi connectivity index (χ3v) is 3.25. The standard InChI is InChI=1S/C15H14N6O3/c22-15(11-20-10-14(8-17-20)21(23)24)18-13-4-1-3-12(7-13)9-19-6-2-5-16-19/h1-8,10H,9,11H2,(H,18,22). The van der Waals surface area contributed by atoms with Gasteiger partial charge in [-0.1, -0.05) is 12.1 Å². The van der Waals surface area contributed by atoms with Crippen LogP contribution in [0.4, 0.5) is 11.4 Å². The quantitative estimate of drug-likeness (QED) is 0.547. The Morgan fingerprint density at radius 1 is 1.25 bits per heavy atom. The highest BCUT2D eigenvalue weighted by molar-refractivity contribution is 5.90. The molecule has 0 aliphatic carbocycles. The molecule has 2 heterocycles. The molecule has 0 bridgehead atoms. The van der Waals surface area contributed by atoms with Crippen molar-refractivity contribution in [2.24, 2.45) is 0 Å². The first-order valence-electron chi connectivity index (χ1n) is 7.13. The number of rotatable bonds is 6. The van der Waals surface area contributed by atoms with E-state index in [2.05, 4.69) is 15.5 Å². The fraction of sp³-hybridized carbons (Fsp3) is 0.133. The summed E-state index contributed by atoms with van der Waals surface area (Å²) in [5.41, 5.74) is 1.49. The number of aromatic nitrogens is 4. The van der Waals surface area contributed by atoms with Crippen molar-refractivity contribution < 1.29 is 9.72 Å². The van der Waals surface area contributed by atoms with Crippen LogP contribution in [0.5, 0.6) is 0 Å². The predicted molar refractivity (Wildman–Crippen MR) is 85.3 cm³/mol. The van der Waals surface area contributed by atoms with Gasteiger partial charge in [-0.05, 0) is 23.8 Å². The smallest absolute Gasteiger partial charge is 0.307 e. The van der Waals surface area contributed by atoms with Gasteiger partial charge in [-0.25, -0.2) is 0 Å². The topological polar surface area (TPSA) is 108 Å². The zero-order valence-electron chi connectivity index (χ0n) is 12.6. The summed E-state index contributed by atoms with van der Waals surface area (Å²) in [6.45, 7) is 0.499. The number of nitrogens with one attached hydrogen (secondary N) is 1. The van der Waals surface area contributed by atoms with Gasteiger partial charge in [0.1, 0.15) is 18.9 Å². The predicted octanol–water partition coefficient (Wildman–Crippen LogP) is 1.67. The number of carbonyl (C=O) groups is 1. The molecule has 122 valence electrons. The lowest BCUT2D eigenvalue weighted by molar-refractivity contribution is -0.385. The second-order valence-corrected chi connectivity index (χ2v) is 5.11. The molecule has 2 aromatic heterocycles. The second kappa shape index (κ2) is 6.73. The van der Waals surface area contributed by atoms with Gasteiger partial charge in [-0.2, -0.15) is 10.2 Å². The monoisotopic (exact) mass is 326 g/mol. The highest BCUT2D eigenvalue weighted by atomic mass is 16.6. The largest absolute Gasteiger partial charge is 0.324 e. The lowest BCUT2D eigenvalue weighted by atomic mass is 10.2. The Balaban J connectivity index is 1.62. The maximum absolute atomic E-state index is 12.0. The molecular weight excluding hydrogens is 312 g/mol. The minimum Gasteiger partial charge on any atom is -0.324 e. The van der Waals surface area contributed by atoms with Crippen LogP contribution in [-0.2, 0) is 17.9 Å². The highest BCUT2D eigenvalue weighted by Gasteiger charge is 2.11. The summed E-state index contributed by atoms with van der Waals surface area (Å²) in [5, 5.41) is 21.3. The number of nitrogens with zero attached hydrogens (tertiary/aromatic N) is 5. The molecule has 9 nitrogen and oxygen atoms in total. The van der Waals surface area contributed by atoms with Crippen LogP contribution in [0.1, 0.15) is 5.56 Å². The summed E-state index contributed by atoms with van der Waals surface area (Å²) in [6.07, 6.45) is 5.89. The van der Waals surface area contributed by atoms with E-state index in [-0.39, 0.29) is 18.1 Å². The number of amides is 1. The molecule has 0 saturated carbocycles. The molecule has 0 aliphatic heterocycles. The van der Waals surface area contributed by atoms with Gasteiger partial charge in [-0.3, -0.25) is 24.3 Å². The molecule has 9 heteroatoms. The Labute approximate surface area is 136 Å². The van der Waals surface area contributed by atoms with Gasteiger partial charge in [-0.15, -0.1) is 0 Å². The normalized spacial score (nSPS) is 10.5. The summed E-state index contributed by atoms with van der Waals surface area (Å²) in [4.78, 5) is 22.1. The molecule has 0 spiro atoms. The third kappa shape index (κ3) is 3.83. The Morgan fingerprint density at radius 3 is 2.83 bits per heavy atom. The molecule has 3 rings (SSSR count). The first-order chi connectivity index (χ1) is 11.6. The van der Waals surface area contributed by atoms with E-state index in [1.165, 1.54) is 10.9 Å². The molecular formula is C15H14N6O3. The van der Waals surface area contributed by atoms with Crippen molar-refractivity contribution in [3.05, 3.63) is 70.8 Å². The van der Waals surface area contributed by atoms with Crippen molar-refractivity contribution in [2.45, 2.75) is 13.1 Å². The zero-order chi connectivity index (χ0) is 16.9. The Morgan fingerprint density at radius 2 is 2.12 bits per heavy atom. The van der Waals surface area contributed by atoms with Crippen molar-refractivity contribution in [1.82, 2.24) is 19.6 Å². The van der Waals surface area contributed by atoms with Crippen molar-refractivity contribution in [3.8, 4) is 0 Å². The molecule has 1 amide bonds. The number of carbonyl (C=O) groups excluding carboxylic acids is 1. The van der Waals surface area contributed by atoms with E-state index in [1.54, 1.807) is 16.9 Å². The van der Waals surface area contributed by atoms with Crippen LogP contribution in [0.2, 0.25) is 0 Å². The third-order valence-electron chi connectivity index (χ3n) is 3.25. The lowest BCUT2D eigenvalue weighted by Crippen LogP contribution is -2.19. The number of nitro groups is 1. The molecule has 0 radical (unpaired) electrons. The zero-order valence-corrected chi connectivity index (χ0v) is 12.6. The fourth-order valence-electron chi connectivity index (χ4n) is 2.21. The van der Waals surface area contributed by atoms with E-state index < -0.39 is 4.92 Å². The Bertz CT molecular complexity index is 856. The first-order valence-corrected chi connectivity index (χ1v) is 7.13. The minimum atomic E-state index is -0.555. The van der Waals surface area contributed by atoms with E-state index in [0.717, 1.165) is 11.8 Å². The van der Waals surface area contributed by atoms with Crippen LogP contribution in [0.15, 0.2) is 55.1 Å². The molecule has 0 aliphatic rings. The molecule has 0 fully saturated rings. The molecule has 0 saturated heterocycles. The van der Waals surface area contributed by atoms with Crippen LogP contribution in [0.3, 0.4) is 0 Å². The minimum absolute atomic E-state index is 0.1000. The second-order valence-electron chi connectivity index (χ2n) is 5.11. The average molecular weight is 326 g/mol. The number of benzene rings is 1. The molecule has 3 aromatic rings.